The number of carbonyl (C=O) groups is 1. The van der Waals surface area contributed by atoms with Crippen LogP contribution >= 0.6 is 0 Å². The highest BCUT2D eigenvalue weighted by Gasteiger charge is 2.24. The maximum Gasteiger partial charge on any atom is 0.265 e. The summed E-state index contributed by atoms with van der Waals surface area (Å²) in [5, 5.41) is 6.72. The first-order valence-electron chi connectivity index (χ1n) is 12.0. The van der Waals surface area contributed by atoms with Crippen molar-refractivity contribution in [2.75, 3.05) is 44.7 Å². The first-order valence-corrected chi connectivity index (χ1v) is 12.0. The van der Waals surface area contributed by atoms with Gasteiger partial charge in [0.1, 0.15) is 5.75 Å². The number of piperidine rings is 1. The highest BCUT2D eigenvalue weighted by atomic mass is 16.5. The molecule has 2 heterocycles. The second-order valence-corrected chi connectivity index (χ2v) is 8.66. The predicted octanol–water partition coefficient (Wildman–Crippen LogP) is 3.15. The van der Waals surface area contributed by atoms with E-state index < -0.39 is 0 Å². The monoisotopic (exact) mass is 449 g/mol. The summed E-state index contributed by atoms with van der Waals surface area (Å²) in [6.07, 6.45) is 4.83. The van der Waals surface area contributed by atoms with Crippen molar-refractivity contribution >= 4 is 17.6 Å². The van der Waals surface area contributed by atoms with Gasteiger partial charge in [0.15, 0.2) is 12.6 Å². The molecule has 7 heteroatoms. The topological polar surface area (TPSA) is 69.2 Å². The minimum absolute atomic E-state index is 0.0000549. The Morgan fingerprint density at radius 3 is 2.55 bits per heavy atom. The zero-order chi connectivity index (χ0) is 22.9. The fraction of sp³-hybridized carbons (Fsp3) is 0.462. The van der Waals surface area contributed by atoms with Crippen LogP contribution in [0.2, 0.25) is 0 Å². The number of hydrogen-bond acceptors (Lipinski definition) is 4. The highest BCUT2D eigenvalue weighted by Crippen LogP contribution is 2.31. The normalized spacial score (nSPS) is 16.8. The third-order valence-corrected chi connectivity index (χ3v) is 6.22. The molecule has 0 spiro atoms. The summed E-state index contributed by atoms with van der Waals surface area (Å²) in [4.78, 5) is 21.0. The molecule has 1 amide bonds. The highest BCUT2D eigenvalue weighted by molar-refractivity contribution is 5.97. The van der Waals surface area contributed by atoms with E-state index in [1.54, 1.807) is 7.05 Å². The fourth-order valence-electron chi connectivity index (χ4n) is 4.39. The fourth-order valence-corrected chi connectivity index (χ4v) is 4.39. The lowest BCUT2D eigenvalue weighted by atomic mass is 10.1. The second-order valence-electron chi connectivity index (χ2n) is 8.66. The van der Waals surface area contributed by atoms with E-state index >= 15 is 0 Å². The average Bonchev–Trinajstić information content (AvgIpc) is 2.86. The molecule has 1 fully saturated rings. The lowest BCUT2D eigenvalue weighted by Gasteiger charge is -2.29. The van der Waals surface area contributed by atoms with Gasteiger partial charge in [-0.25, -0.2) is 0 Å². The number of rotatable bonds is 8. The van der Waals surface area contributed by atoms with Gasteiger partial charge in [0.05, 0.1) is 5.69 Å². The molecule has 2 aliphatic rings. The van der Waals surface area contributed by atoms with Crippen LogP contribution < -0.4 is 20.3 Å². The number of anilines is 1. The molecule has 0 atom stereocenters. The number of amides is 1. The zero-order valence-corrected chi connectivity index (χ0v) is 19.6. The number of para-hydroxylation sites is 2. The third kappa shape index (κ3) is 6.48. The van der Waals surface area contributed by atoms with Crippen molar-refractivity contribution in [1.82, 2.24) is 15.5 Å². The molecule has 0 aromatic heterocycles. The Labute approximate surface area is 196 Å². The first kappa shape index (κ1) is 23.1. The van der Waals surface area contributed by atoms with Crippen LogP contribution in [-0.4, -0.2) is 56.6 Å². The maximum absolute atomic E-state index is 12.3. The van der Waals surface area contributed by atoms with Gasteiger partial charge in [-0.15, -0.1) is 0 Å². The van der Waals surface area contributed by atoms with Crippen LogP contribution in [-0.2, 0) is 17.9 Å². The van der Waals surface area contributed by atoms with Crippen LogP contribution in [0.3, 0.4) is 0 Å². The molecule has 0 bridgehead atoms. The number of nitrogens with one attached hydrogen (secondary N) is 2. The molecule has 4 rings (SSSR count). The standard InChI is InChI=1S/C26H35N5O2/c1-27-26(28-14-7-17-31-23-8-3-4-9-24(23)33-20-25(31)32)29-18-21-10-12-22(13-11-21)19-30-15-5-2-6-16-30/h3-4,8-13H,2,5-7,14-20H2,1H3,(H2,27,28,29). The van der Waals surface area contributed by atoms with Crippen molar-refractivity contribution in [3.63, 3.8) is 0 Å². The number of ether oxygens (including phenoxy) is 1. The minimum Gasteiger partial charge on any atom is -0.482 e. The van der Waals surface area contributed by atoms with Gasteiger partial charge in [-0.05, 0) is 55.6 Å². The van der Waals surface area contributed by atoms with Gasteiger partial charge in [-0.3, -0.25) is 14.7 Å². The quantitative estimate of drug-likeness (QED) is 0.368. The number of benzene rings is 2. The molecular weight excluding hydrogens is 414 g/mol. The van der Waals surface area contributed by atoms with Crippen LogP contribution in [0.5, 0.6) is 5.75 Å². The van der Waals surface area contributed by atoms with Crippen LogP contribution in [0.15, 0.2) is 53.5 Å². The predicted molar refractivity (Wildman–Crippen MR) is 133 cm³/mol. The average molecular weight is 450 g/mol. The van der Waals surface area contributed by atoms with Crippen molar-refractivity contribution in [3.05, 3.63) is 59.7 Å². The smallest absolute Gasteiger partial charge is 0.265 e. The zero-order valence-electron chi connectivity index (χ0n) is 19.6. The minimum atomic E-state index is -0.0000549. The SMILES string of the molecule is CN=C(NCCCN1C(=O)COc2ccccc21)NCc1ccc(CN2CCCCC2)cc1. The molecule has 2 aliphatic heterocycles. The number of aliphatic imine (C=N–C) groups is 1. The molecule has 0 saturated carbocycles. The number of fused-ring (bicyclic) bond motifs is 1. The molecule has 0 unspecified atom stereocenters. The van der Waals surface area contributed by atoms with Crippen LogP contribution in [0.4, 0.5) is 5.69 Å². The second kappa shape index (κ2) is 11.7. The Bertz CT molecular complexity index is 938. The van der Waals surface area contributed by atoms with Gasteiger partial charge in [0, 0.05) is 33.2 Å². The van der Waals surface area contributed by atoms with Crippen molar-refractivity contribution in [2.24, 2.45) is 4.99 Å². The summed E-state index contributed by atoms with van der Waals surface area (Å²) >= 11 is 0. The van der Waals surface area contributed by atoms with Crippen molar-refractivity contribution in [3.8, 4) is 5.75 Å². The van der Waals surface area contributed by atoms with Gasteiger partial charge in [-0.2, -0.15) is 0 Å². The molecule has 0 radical (unpaired) electrons. The van der Waals surface area contributed by atoms with Gasteiger partial charge in [-0.1, -0.05) is 42.8 Å². The van der Waals surface area contributed by atoms with Gasteiger partial charge in [0.2, 0.25) is 0 Å². The molecule has 0 aliphatic carbocycles. The summed E-state index contributed by atoms with van der Waals surface area (Å²) in [6, 6.07) is 16.5. The Balaban J connectivity index is 1.18. The Morgan fingerprint density at radius 2 is 1.76 bits per heavy atom. The van der Waals surface area contributed by atoms with E-state index in [0.29, 0.717) is 6.54 Å². The van der Waals surface area contributed by atoms with E-state index in [0.717, 1.165) is 43.5 Å². The van der Waals surface area contributed by atoms with E-state index in [1.807, 2.05) is 29.2 Å². The van der Waals surface area contributed by atoms with E-state index in [-0.39, 0.29) is 12.5 Å². The largest absolute Gasteiger partial charge is 0.482 e. The van der Waals surface area contributed by atoms with Crippen LogP contribution in [0, 0.1) is 0 Å². The number of likely N-dealkylation sites (tertiary alicyclic amines) is 1. The Morgan fingerprint density at radius 1 is 1.00 bits per heavy atom. The number of carbonyl (C=O) groups excluding carboxylic acids is 1. The lowest BCUT2D eigenvalue weighted by molar-refractivity contribution is -0.121. The third-order valence-electron chi connectivity index (χ3n) is 6.22. The van der Waals surface area contributed by atoms with Crippen molar-refractivity contribution < 1.29 is 9.53 Å². The molecule has 33 heavy (non-hydrogen) atoms. The molecule has 176 valence electrons. The summed E-state index contributed by atoms with van der Waals surface area (Å²) in [7, 11) is 1.78. The summed E-state index contributed by atoms with van der Waals surface area (Å²) in [5.41, 5.74) is 3.46. The summed E-state index contributed by atoms with van der Waals surface area (Å²) in [5.74, 6) is 1.53. The Kier molecular flexibility index (Phi) is 8.19. The maximum atomic E-state index is 12.3. The van der Waals surface area contributed by atoms with Crippen LogP contribution in [0.25, 0.3) is 0 Å². The molecule has 7 nitrogen and oxygen atoms in total. The van der Waals surface area contributed by atoms with Gasteiger partial charge < -0.3 is 20.3 Å². The van der Waals surface area contributed by atoms with Crippen molar-refractivity contribution in [1.29, 1.82) is 0 Å². The summed E-state index contributed by atoms with van der Waals surface area (Å²) in [6.45, 7) is 5.68. The number of guanidine groups is 1. The van der Waals surface area contributed by atoms with Crippen molar-refractivity contribution in [2.45, 2.75) is 38.8 Å². The van der Waals surface area contributed by atoms with Gasteiger partial charge >= 0.3 is 0 Å². The van der Waals surface area contributed by atoms with Crippen LogP contribution in [0.1, 0.15) is 36.8 Å². The molecular formula is C26H35N5O2. The van der Waals surface area contributed by atoms with E-state index in [1.165, 1.54) is 43.5 Å². The molecule has 1 saturated heterocycles. The number of nitrogens with zero attached hydrogens (tertiary/aromatic N) is 3. The summed E-state index contributed by atoms with van der Waals surface area (Å²) < 4.78 is 5.51. The van der Waals surface area contributed by atoms with E-state index in [9.17, 15) is 4.79 Å². The van der Waals surface area contributed by atoms with Gasteiger partial charge in [0.25, 0.3) is 5.91 Å². The Hall–Kier alpha value is -3.06. The van der Waals surface area contributed by atoms with E-state index in [2.05, 4.69) is 44.8 Å². The van der Waals surface area contributed by atoms with E-state index in [4.69, 9.17) is 4.74 Å². The molecule has 2 aromatic rings. The number of hydrogen-bond donors (Lipinski definition) is 2. The molecule has 2 aromatic carbocycles. The molecule has 2 N–H and O–H groups in total. The first-order chi connectivity index (χ1) is 16.2. The lowest BCUT2D eigenvalue weighted by Crippen LogP contribution is -2.41.